The summed E-state index contributed by atoms with van der Waals surface area (Å²) < 4.78 is 55.6. The van der Waals surface area contributed by atoms with Crippen molar-refractivity contribution in [3.05, 3.63) is 28.5 Å². The highest BCUT2D eigenvalue weighted by atomic mass is 79.9. The lowest BCUT2D eigenvalue weighted by Gasteiger charge is -2.24. The van der Waals surface area contributed by atoms with Crippen LogP contribution in [-0.2, 0) is 0 Å². The molecule has 2 atom stereocenters. The van der Waals surface area contributed by atoms with Crippen molar-refractivity contribution in [3.8, 4) is 5.75 Å². The van der Waals surface area contributed by atoms with E-state index in [9.17, 15) is 17.6 Å². The lowest BCUT2D eigenvalue weighted by atomic mass is 10.2. The maximum atomic E-state index is 13.0. The van der Waals surface area contributed by atoms with Crippen molar-refractivity contribution in [1.29, 1.82) is 0 Å². The second-order valence-corrected chi connectivity index (χ2v) is 4.46. The Balaban J connectivity index is 2.94. The minimum Gasteiger partial charge on any atom is -0.479 e. The molecule has 1 aromatic rings. The van der Waals surface area contributed by atoms with E-state index in [2.05, 4.69) is 20.7 Å². The van der Waals surface area contributed by atoms with Gasteiger partial charge in [0, 0.05) is 16.6 Å². The number of hydrogen-bond acceptors (Lipinski definition) is 2. The average molecular weight is 316 g/mol. The van der Waals surface area contributed by atoms with Crippen molar-refractivity contribution in [1.82, 2.24) is 0 Å². The second kappa shape index (κ2) is 5.22. The Morgan fingerprint density at radius 3 is 2.29 bits per heavy atom. The van der Waals surface area contributed by atoms with Gasteiger partial charge in [-0.1, -0.05) is 15.9 Å². The lowest BCUT2D eigenvalue weighted by Crippen LogP contribution is -2.47. The number of rotatable bonds is 3. The van der Waals surface area contributed by atoms with Crippen LogP contribution in [0.3, 0.4) is 0 Å². The summed E-state index contributed by atoms with van der Waals surface area (Å²) in [6.45, 7) is 1.17. The minimum atomic E-state index is -4.60. The first-order valence-corrected chi connectivity index (χ1v) is 5.44. The third-order valence-electron chi connectivity index (χ3n) is 1.90. The number of hydrogen-bond donors (Lipinski definition) is 1. The number of benzene rings is 1. The quantitative estimate of drug-likeness (QED) is 0.869. The molecular formula is C10H10BrF4NO. The zero-order valence-electron chi connectivity index (χ0n) is 8.76. The van der Waals surface area contributed by atoms with Gasteiger partial charge in [-0.2, -0.15) is 13.2 Å². The van der Waals surface area contributed by atoms with E-state index in [1.807, 2.05) is 0 Å². The molecule has 0 radical (unpaired) electrons. The van der Waals surface area contributed by atoms with Crippen LogP contribution >= 0.6 is 15.9 Å². The molecule has 1 rings (SSSR count). The fourth-order valence-electron chi connectivity index (χ4n) is 1.22. The fourth-order valence-corrected chi connectivity index (χ4v) is 1.66. The Bertz CT molecular complexity index is 374. The molecule has 0 bridgehead atoms. The minimum absolute atomic E-state index is 0.225. The van der Waals surface area contributed by atoms with E-state index in [1.54, 1.807) is 0 Å². The molecule has 2 N–H and O–H groups in total. The smallest absolute Gasteiger partial charge is 0.426 e. The monoisotopic (exact) mass is 315 g/mol. The predicted octanol–water partition coefficient (Wildman–Crippen LogP) is 3.25. The first kappa shape index (κ1) is 14.2. The fraction of sp³-hybridized carbons (Fsp3) is 0.400. The molecular weight excluding hydrogens is 306 g/mol. The average Bonchev–Trinajstić information content (AvgIpc) is 2.10. The zero-order chi connectivity index (χ0) is 13.2. The lowest BCUT2D eigenvalue weighted by molar-refractivity contribution is -0.199. The first-order chi connectivity index (χ1) is 7.70. The molecule has 1 aromatic carbocycles. The summed E-state index contributed by atoms with van der Waals surface area (Å²) in [7, 11) is 0. The van der Waals surface area contributed by atoms with Gasteiger partial charge in [-0.05, 0) is 19.1 Å². The highest BCUT2D eigenvalue weighted by molar-refractivity contribution is 9.10. The molecule has 0 aromatic heterocycles. The van der Waals surface area contributed by atoms with Crippen molar-refractivity contribution >= 4 is 15.9 Å². The summed E-state index contributed by atoms with van der Waals surface area (Å²) in [5.41, 5.74) is 5.20. The van der Waals surface area contributed by atoms with E-state index in [0.29, 0.717) is 0 Å². The third kappa shape index (κ3) is 4.16. The van der Waals surface area contributed by atoms with Gasteiger partial charge in [0.05, 0.1) is 0 Å². The molecule has 0 amide bonds. The van der Waals surface area contributed by atoms with Gasteiger partial charge in [-0.3, -0.25) is 0 Å². The molecule has 0 aliphatic rings. The predicted molar refractivity (Wildman–Crippen MR) is 58.2 cm³/mol. The van der Waals surface area contributed by atoms with Gasteiger partial charge >= 0.3 is 6.18 Å². The molecule has 7 heteroatoms. The van der Waals surface area contributed by atoms with Gasteiger partial charge in [-0.25, -0.2) is 4.39 Å². The highest BCUT2D eigenvalue weighted by Gasteiger charge is 2.44. The van der Waals surface area contributed by atoms with Crippen LogP contribution in [0.2, 0.25) is 0 Å². The number of nitrogens with two attached hydrogens (primary N) is 1. The Kier molecular flexibility index (Phi) is 4.37. The Morgan fingerprint density at radius 2 is 1.88 bits per heavy atom. The zero-order valence-corrected chi connectivity index (χ0v) is 10.3. The molecule has 2 nitrogen and oxygen atoms in total. The SMILES string of the molecule is CC(N)C(Oc1cc(F)cc(Br)c1)C(F)(F)F. The summed E-state index contributed by atoms with van der Waals surface area (Å²) in [5, 5.41) is 0. The highest BCUT2D eigenvalue weighted by Crippen LogP contribution is 2.28. The summed E-state index contributed by atoms with van der Waals surface area (Å²) in [4.78, 5) is 0. The topological polar surface area (TPSA) is 35.2 Å². The van der Waals surface area contributed by atoms with Gasteiger partial charge in [0.25, 0.3) is 0 Å². The van der Waals surface area contributed by atoms with Crippen LogP contribution in [0.4, 0.5) is 17.6 Å². The van der Waals surface area contributed by atoms with E-state index in [4.69, 9.17) is 5.73 Å². The molecule has 0 aliphatic heterocycles. The third-order valence-corrected chi connectivity index (χ3v) is 2.36. The van der Waals surface area contributed by atoms with Crippen molar-refractivity contribution in [2.24, 2.45) is 5.73 Å². The molecule has 17 heavy (non-hydrogen) atoms. The van der Waals surface area contributed by atoms with E-state index in [-0.39, 0.29) is 10.2 Å². The van der Waals surface area contributed by atoms with Gasteiger partial charge in [0.2, 0.25) is 6.10 Å². The van der Waals surface area contributed by atoms with E-state index in [1.165, 1.54) is 13.0 Å². The molecule has 0 fully saturated rings. The summed E-state index contributed by atoms with van der Waals surface area (Å²) in [5.74, 6) is -0.920. The molecule has 96 valence electrons. The molecule has 0 heterocycles. The first-order valence-electron chi connectivity index (χ1n) is 4.65. The van der Waals surface area contributed by atoms with Gasteiger partial charge in [0.1, 0.15) is 11.6 Å². The van der Waals surface area contributed by atoms with Crippen LogP contribution in [0.15, 0.2) is 22.7 Å². The van der Waals surface area contributed by atoms with Crippen LogP contribution < -0.4 is 10.5 Å². The van der Waals surface area contributed by atoms with E-state index >= 15 is 0 Å². The Labute approximate surface area is 104 Å². The molecule has 0 spiro atoms. The number of alkyl halides is 3. The van der Waals surface area contributed by atoms with Crippen LogP contribution in [0, 0.1) is 5.82 Å². The molecule has 2 unspecified atom stereocenters. The Morgan fingerprint density at radius 1 is 1.29 bits per heavy atom. The number of halogens is 5. The van der Waals surface area contributed by atoms with Crippen LogP contribution in [0.25, 0.3) is 0 Å². The summed E-state index contributed by atoms with van der Waals surface area (Å²) >= 11 is 2.96. The normalized spacial score (nSPS) is 15.5. The largest absolute Gasteiger partial charge is 0.479 e. The maximum absolute atomic E-state index is 13.0. The molecule has 0 saturated carbocycles. The van der Waals surface area contributed by atoms with Crippen molar-refractivity contribution in [2.75, 3.05) is 0 Å². The Hall–Kier alpha value is -0.820. The van der Waals surface area contributed by atoms with Crippen molar-refractivity contribution < 1.29 is 22.3 Å². The molecule has 0 aliphatic carbocycles. The molecule has 0 saturated heterocycles. The standard InChI is InChI=1S/C10H10BrF4NO/c1-5(16)9(10(13,14)15)17-8-3-6(11)2-7(12)4-8/h2-5,9H,16H2,1H3. The second-order valence-electron chi connectivity index (χ2n) is 3.54. The summed E-state index contributed by atoms with van der Waals surface area (Å²) in [6, 6.07) is 1.97. The maximum Gasteiger partial charge on any atom is 0.426 e. The van der Waals surface area contributed by atoms with Gasteiger partial charge < -0.3 is 10.5 Å². The van der Waals surface area contributed by atoms with Crippen LogP contribution in [0.1, 0.15) is 6.92 Å². The van der Waals surface area contributed by atoms with E-state index in [0.717, 1.165) is 12.1 Å². The van der Waals surface area contributed by atoms with Gasteiger partial charge in [0.15, 0.2) is 0 Å². The number of ether oxygens (including phenoxy) is 1. The van der Waals surface area contributed by atoms with Crippen molar-refractivity contribution in [3.63, 3.8) is 0 Å². The van der Waals surface area contributed by atoms with Crippen LogP contribution in [0.5, 0.6) is 5.75 Å². The van der Waals surface area contributed by atoms with Gasteiger partial charge in [-0.15, -0.1) is 0 Å². The van der Waals surface area contributed by atoms with E-state index < -0.39 is 24.1 Å². The van der Waals surface area contributed by atoms with Crippen molar-refractivity contribution in [2.45, 2.75) is 25.2 Å². The van der Waals surface area contributed by atoms with Crippen LogP contribution in [-0.4, -0.2) is 18.3 Å². The summed E-state index contributed by atoms with van der Waals surface area (Å²) in [6.07, 6.45) is -6.77.